The molecule has 2 heterocycles. The van der Waals surface area contributed by atoms with Gasteiger partial charge in [0, 0.05) is 43.7 Å². The number of amides is 1. The van der Waals surface area contributed by atoms with Gasteiger partial charge in [-0.05, 0) is 78.0 Å². The van der Waals surface area contributed by atoms with Crippen molar-refractivity contribution in [3.05, 3.63) is 64.7 Å². The maximum absolute atomic E-state index is 12.8. The van der Waals surface area contributed by atoms with Crippen LogP contribution in [-0.2, 0) is 33.8 Å². The molecule has 1 aliphatic rings. The smallest absolute Gasteiger partial charge is 0.309 e. The van der Waals surface area contributed by atoms with Gasteiger partial charge in [-0.1, -0.05) is 56.6 Å². The maximum atomic E-state index is 12.8. The van der Waals surface area contributed by atoms with Gasteiger partial charge in [0.05, 0.1) is 18.7 Å². The highest BCUT2D eigenvalue weighted by Crippen LogP contribution is 2.19. The van der Waals surface area contributed by atoms with Crippen LogP contribution in [0.15, 0.2) is 42.6 Å². The minimum atomic E-state index is -0.464. The molecule has 2 aromatic rings. The molecule has 2 atom stereocenters. The number of halogens is 1. The molecule has 0 saturated heterocycles. The number of fused-ring (bicyclic) bond motifs is 1. The third-order valence-corrected chi connectivity index (χ3v) is 8.29. The molecule has 0 fully saturated rings. The molecule has 1 aliphatic heterocycles. The van der Waals surface area contributed by atoms with Gasteiger partial charge >= 0.3 is 5.97 Å². The molecule has 3 rings (SSSR count). The van der Waals surface area contributed by atoms with Gasteiger partial charge in [-0.25, -0.2) is 4.98 Å². The fourth-order valence-corrected chi connectivity index (χ4v) is 5.34. The van der Waals surface area contributed by atoms with Crippen LogP contribution >= 0.6 is 11.6 Å². The van der Waals surface area contributed by atoms with Gasteiger partial charge in [0.25, 0.3) is 0 Å². The molecule has 44 heavy (non-hydrogen) atoms. The first-order valence-electron chi connectivity index (χ1n) is 16.0. The Labute approximate surface area is 269 Å². The predicted octanol–water partition coefficient (Wildman–Crippen LogP) is 7.14. The van der Waals surface area contributed by atoms with Crippen molar-refractivity contribution in [2.45, 2.75) is 112 Å². The van der Waals surface area contributed by atoms with E-state index in [2.05, 4.69) is 30.7 Å². The zero-order chi connectivity index (χ0) is 32.9. The summed E-state index contributed by atoms with van der Waals surface area (Å²) in [6, 6.07) is 8.29. The van der Waals surface area contributed by atoms with E-state index in [0.717, 1.165) is 49.5 Å². The van der Waals surface area contributed by atoms with E-state index in [9.17, 15) is 14.4 Å². The number of carbonyl (C=O) groups excluding carboxylic acids is 3. The summed E-state index contributed by atoms with van der Waals surface area (Å²) in [7, 11) is 0. The molecule has 1 aromatic carbocycles. The van der Waals surface area contributed by atoms with Crippen molar-refractivity contribution in [1.29, 1.82) is 0 Å². The maximum Gasteiger partial charge on any atom is 0.309 e. The van der Waals surface area contributed by atoms with Gasteiger partial charge in [0.15, 0.2) is 5.78 Å². The number of ketones is 1. The topological polar surface area (TPSA) is 84.7 Å². The summed E-state index contributed by atoms with van der Waals surface area (Å²) in [5.41, 5.74) is 1.36. The van der Waals surface area contributed by atoms with Crippen molar-refractivity contribution in [2.75, 3.05) is 19.6 Å². The van der Waals surface area contributed by atoms with Crippen LogP contribution < -0.4 is 0 Å². The van der Waals surface area contributed by atoms with Crippen LogP contribution in [0.2, 0.25) is 5.02 Å². The Balaban J connectivity index is 0.000000639. The minimum Gasteiger partial charge on any atom is -0.460 e. The fraction of sp³-hybridized carbons (Fsp3) is 0.600. The van der Waals surface area contributed by atoms with Gasteiger partial charge in [-0.2, -0.15) is 0 Å². The number of imidazole rings is 1. The van der Waals surface area contributed by atoms with Gasteiger partial charge in [-0.15, -0.1) is 0 Å². The van der Waals surface area contributed by atoms with Crippen LogP contribution in [-0.4, -0.2) is 68.3 Å². The summed E-state index contributed by atoms with van der Waals surface area (Å²) in [4.78, 5) is 45.4. The first kappa shape index (κ1) is 37.2. The van der Waals surface area contributed by atoms with Gasteiger partial charge in [-0.3, -0.25) is 19.3 Å². The third-order valence-electron chi connectivity index (χ3n) is 7.92. The lowest BCUT2D eigenvalue weighted by molar-refractivity contribution is -0.160. The molecule has 2 unspecified atom stereocenters. The van der Waals surface area contributed by atoms with Crippen LogP contribution in [0.5, 0.6) is 0 Å². The molecule has 244 valence electrons. The van der Waals surface area contributed by atoms with Crippen LogP contribution in [0, 0.1) is 5.92 Å². The highest BCUT2D eigenvalue weighted by molar-refractivity contribution is 6.31. The van der Waals surface area contributed by atoms with Gasteiger partial charge < -0.3 is 14.2 Å². The first-order valence-corrected chi connectivity index (χ1v) is 16.4. The molecule has 8 nitrogen and oxygen atoms in total. The summed E-state index contributed by atoms with van der Waals surface area (Å²) >= 11 is 5.82. The van der Waals surface area contributed by atoms with E-state index >= 15 is 0 Å². The zero-order valence-electron chi connectivity index (χ0n) is 28.1. The van der Waals surface area contributed by atoms with Crippen molar-refractivity contribution in [2.24, 2.45) is 5.92 Å². The Kier molecular flexibility index (Phi) is 15.3. The van der Waals surface area contributed by atoms with Crippen molar-refractivity contribution >= 4 is 29.3 Å². The Morgan fingerprint density at radius 3 is 2.39 bits per heavy atom. The molecular formula is C35H53ClN4O4. The van der Waals surface area contributed by atoms with Crippen molar-refractivity contribution in [1.82, 2.24) is 19.4 Å². The second-order valence-electron chi connectivity index (χ2n) is 12.4. The lowest BCUT2D eigenvalue weighted by atomic mass is 9.99. The number of hydrogen-bond acceptors (Lipinski definition) is 6. The van der Waals surface area contributed by atoms with Crippen LogP contribution in [0.4, 0.5) is 0 Å². The Bertz CT molecular complexity index is 1250. The second kappa shape index (κ2) is 18.1. The molecule has 0 spiro atoms. The molecule has 0 N–H and O–H groups in total. The summed E-state index contributed by atoms with van der Waals surface area (Å²) in [6.07, 6.45) is 9.67. The molecule has 0 aliphatic carbocycles. The van der Waals surface area contributed by atoms with Crippen LogP contribution in [0.25, 0.3) is 0 Å². The van der Waals surface area contributed by atoms with E-state index in [-0.39, 0.29) is 23.6 Å². The highest BCUT2D eigenvalue weighted by atomic mass is 35.5. The van der Waals surface area contributed by atoms with E-state index in [1.807, 2.05) is 62.6 Å². The quantitative estimate of drug-likeness (QED) is 0.133. The Morgan fingerprint density at radius 2 is 1.82 bits per heavy atom. The number of nitrogens with zero attached hydrogens (tertiary/aromatic N) is 4. The summed E-state index contributed by atoms with van der Waals surface area (Å²) in [5, 5.41) is 0.875. The minimum absolute atomic E-state index is 0.00934. The number of Topliss-reactive ketones (excluding diaryl/α,β-unsaturated/α-hetero) is 1. The Hall–Kier alpha value is -2.97. The molecule has 0 bridgehead atoms. The number of aryl methyl sites for hydroxylation is 1. The summed E-state index contributed by atoms with van der Waals surface area (Å²) < 4.78 is 7.48. The molecular weight excluding hydrogens is 576 g/mol. The van der Waals surface area contributed by atoms with Crippen molar-refractivity contribution < 1.29 is 19.1 Å². The van der Waals surface area contributed by atoms with E-state index in [1.54, 1.807) is 17.2 Å². The van der Waals surface area contributed by atoms with Crippen molar-refractivity contribution in [3.8, 4) is 0 Å². The molecule has 9 heteroatoms. The third kappa shape index (κ3) is 11.8. The number of esters is 1. The van der Waals surface area contributed by atoms with Gasteiger partial charge in [0.2, 0.25) is 5.91 Å². The second-order valence-corrected chi connectivity index (χ2v) is 12.8. The number of aromatic nitrogens is 2. The molecule has 0 radical (unpaired) electrons. The predicted molar refractivity (Wildman–Crippen MR) is 178 cm³/mol. The zero-order valence-corrected chi connectivity index (χ0v) is 28.8. The Morgan fingerprint density at radius 1 is 1.11 bits per heavy atom. The highest BCUT2D eigenvalue weighted by Gasteiger charge is 2.25. The number of carbonyl (C=O) groups is 3. The van der Waals surface area contributed by atoms with E-state index < -0.39 is 5.60 Å². The molecule has 1 aromatic heterocycles. The molecule has 0 saturated carbocycles. The molecule has 1 amide bonds. The lowest BCUT2D eigenvalue weighted by Gasteiger charge is -2.29. The standard InChI is InChI=1S/C27H44N4O4.C8H9Cl/c1-8-20(3)29(14-10-12-22(9-2)26(34)35-27(5,6)7)15-11-13-25(33)30-16-17-31-23(21(4)32)18-28-24(31)19-30;1-2-7-5-3-4-6-8(7)9/h11,13,18,20,22H,8-10,12,14-17,19H2,1-7H3;3-6H,2H2,1H3/b13-11+;. The fourth-order valence-electron chi connectivity index (χ4n) is 5.07. The van der Waals surface area contributed by atoms with Gasteiger partial charge in [0.1, 0.15) is 17.1 Å². The van der Waals surface area contributed by atoms with Crippen LogP contribution in [0.1, 0.15) is 103 Å². The normalized spacial score (nSPS) is 14.5. The number of ether oxygens (including phenoxy) is 1. The summed E-state index contributed by atoms with van der Waals surface area (Å²) in [5.74, 6) is 0.506. The monoisotopic (exact) mass is 628 g/mol. The van der Waals surface area contributed by atoms with E-state index in [4.69, 9.17) is 16.3 Å². The van der Waals surface area contributed by atoms with Crippen molar-refractivity contribution in [3.63, 3.8) is 0 Å². The van der Waals surface area contributed by atoms with E-state index in [0.29, 0.717) is 37.9 Å². The number of benzene rings is 1. The SMILES string of the molecule is CCC(CCCN(C/C=C/C(=O)N1CCn2c(C(C)=O)cnc2C1)C(C)CC)C(=O)OC(C)(C)C.CCc1ccccc1Cl. The first-order chi connectivity index (χ1) is 20.8. The van der Waals surface area contributed by atoms with Crippen LogP contribution in [0.3, 0.4) is 0 Å². The average Bonchev–Trinajstić information content (AvgIpc) is 3.41. The average molecular weight is 629 g/mol. The largest absolute Gasteiger partial charge is 0.460 e. The number of hydrogen-bond donors (Lipinski definition) is 0. The number of rotatable bonds is 13. The summed E-state index contributed by atoms with van der Waals surface area (Å²) in [6.45, 7) is 18.8. The lowest BCUT2D eigenvalue weighted by Crippen LogP contribution is -2.38. The van der Waals surface area contributed by atoms with E-state index in [1.165, 1.54) is 12.5 Å².